The molecule has 0 fully saturated rings. The molecule has 2 aliphatic rings. The van der Waals surface area contributed by atoms with Crippen molar-refractivity contribution in [2.24, 2.45) is 11.8 Å². The van der Waals surface area contributed by atoms with Gasteiger partial charge in [0.1, 0.15) is 42.6 Å². The van der Waals surface area contributed by atoms with E-state index in [1.54, 1.807) is 32.0 Å². The van der Waals surface area contributed by atoms with Crippen molar-refractivity contribution in [1.82, 2.24) is 41.2 Å². The van der Waals surface area contributed by atoms with Crippen LogP contribution >= 0.6 is 0 Å². The lowest BCUT2D eigenvalue weighted by Crippen LogP contribution is -2.56. The van der Waals surface area contributed by atoms with Crippen molar-refractivity contribution in [3.63, 3.8) is 0 Å². The molecule has 4 heterocycles. The van der Waals surface area contributed by atoms with Crippen molar-refractivity contribution in [3.8, 4) is 5.75 Å². The number of aryl methyl sites for hydroxylation is 2. The van der Waals surface area contributed by atoms with Crippen LogP contribution in [0.4, 0.5) is 0 Å². The summed E-state index contributed by atoms with van der Waals surface area (Å²) in [6, 6.07) is 15.3. The van der Waals surface area contributed by atoms with Crippen molar-refractivity contribution in [2.75, 3.05) is 6.61 Å². The third-order valence-corrected chi connectivity index (χ3v) is 8.86. The van der Waals surface area contributed by atoms with Gasteiger partial charge in [-0.2, -0.15) is 5.10 Å². The Morgan fingerprint density at radius 1 is 0.962 bits per heavy atom. The van der Waals surface area contributed by atoms with E-state index in [1.807, 2.05) is 56.3 Å². The molecule has 0 aliphatic carbocycles. The summed E-state index contributed by atoms with van der Waals surface area (Å²) in [5.74, 6) is 0.267. The minimum atomic E-state index is -1.03. The fourth-order valence-corrected chi connectivity index (χ4v) is 6.35. The summed E-state index contributed by atoms with van der Waals surface area (Å²) in [7, 11) is 0. The Bertz CT molecular complexity index is 1850. The number of carbonyl (C=O) groups is 4. The Morgan fingerprint density at radius 3 is 2.36 bits per heavy atom. The summed E-state index contributed by atoms with van der Waals surface area (Å²) in [6.07, 6.45) is 0.884. The zero-order valence-electron chi connectivity index (χ0n) is 31.2. The highest BCUT2D eigenvalue weighted by molar-refractivity contribution is 5.92. The SMILES string of the molecule is Cc1cc(CC(=O)N[C@H]2Cc3ccc(cc3)OC[C@H](CC(C)C)NC(=O)Cn3nc(C)nc3[C@H](C(C)C)NC(=O)[C@H](Cc3ccccc3)NC2=O)on1. The second kappa shape index (κ2) is 17.8. The van der Waals surface area contributed by atoms with Crippen molar-refractivity contribution in [1.29, 1.82) is 0 Å². The van der Waals surface area contributed by atoms with Gasteiger partial charge in [-0.3, -0.25) is 19.2 Å². The zero-order chi connectivity index (χ0) is 38.1. The van der Waals surface area contributed by atoms with Crippen LogP contribution in [0.1, 0.15) is 74.4 Å². The lowest BCUT2D eigenvalue weighted by atomic mass is 10.00. The predicted octanol–water partition coefficient (Wildman–Crippen LogP) is 3.32. The molecule has 53 heavy (non-hydrogen) atoms. The van der Waals surface area contributed by atoms with Crippen LogP contribution in [0.15, 0.2) is 65.2 Å². The quantitative estimate of drug-likeness (QED) is 0.212. The van der Waals surface area contributed by atoms with E-state index in [-0.39, 0.29) is 56.2 Å². The monoisotopic (exact) mass is 726 g/mol. The van der Waals surface area contributed by atoms with Gasteiger partial charge in [-0.1, -0.05) is 75.3 Å². The highest BCUT2D eigenvalue weighted by Gasteiger charge is 2.32. The number of benzene rings is 2. The second-order valence-corrected chi connectivity index (χ2v) is 14.4. The highest BCUT2D eigenvalue weighted by Crippen LogP contribution is 2.22. The van der Waals surface area contributed by atoms with Crippen LogP contribution in [0.3, 0.4) is 0 Å². The molecule has 0 spiro atoms. The fourth-order valence-electron chi connectivity index (χ4n) is 6.35. The molecule has 2 bridgehead atoms. The van der Waals surface area contributed by atoms with Gasteiger partial charge in [0, 0.05) is 18.9 Å². The molecule has 0 saturated heterocycles. The van der Waals surface area contributed by atoms with Gasteiger partial charge in [-0.05, 0) is 55.4 Å². The molecular weight excluding hydrogens is 676 g/mol. The first kappa shape index (κ1) is 38.7. The molecule has 4 atom stereocenters. The summed E-state index contributed by atoms with van der Waals surface area (Å²) < 4.78 is 12.9. The Labute approximate surface area is 309 Å². The van der Waals surface area contributed by atoms with Crippen LogP contribution in [0.5, 0.6) is 5.75 Å². The Hall–Kier alpha value is -5.53. The third kappa shape index (κ3) is 11.2. The number of fused-ring (bicyclic) bond motifs is 14. The molecule has 2 aliphatic heterocycles. The minimum Gasteiger partial charge on any atom is -0.491 e. The highest BCUT2D eigenvalue weighted by atomic mass is 16.5. The first-order valence-electron chi connectivity index (χ1n) is 18.1. The van der Waals surface area contributed by atoms with Gasteiger partial charge >= 0.3 is 0 Å². The number of hydrogen-bond acceptors (Lipinski definition) is 9. The van der Waals surface area contributed by atoms with Crippen molar-refractivity contribution in [2.45, 2.75) is 97.9 Å². The van der Waals surface area contributed by atoms with Crippen LogP contribution in [0, 0.1) is 25.7 Å². The summed E-state index contributed by atoms with van der Waals surface area (Å²) in [6.45, 7) is 11.6. The average molecular weight is 727 g/mol. The maximum atomic E-state index is 14.3. The van der Waals surface area contributed by atoms with E-state index >= 15 is 0 Å². The van der Waals surface area contributed by atoms with E-state index in [2.05, 4.69) is 50.4 Å². The van der Waals surface area contributed by atoms with Gasteiger partial charge in [0.05, 0.1) is 24.2 Å². The molecule has 0 radical (unpaired) electrons. The summed E-state index contributed by atoms with van der Waals surface area (Å²) in [5, 5.41) is 20.4. The first-order valence-corrected chi connectivity index (χ1v) is 18.1. The second-order valence-electron chi connectivity index (χ2n) is 14.4. The molecule has 0 saturated carbocycles. The molecule has 6 rings (SSSR count). The summed E-state index contributed by atoms with van der Waals surface area (Å²) in [5.41, 5.74) is 2.22. The molecule has 4 amide bonds. The number of ether oxygens (including phenoxy) is 1. The van der Waals surface area contributed by atoms with E-state index in [0.29, 0.717) is 35.3 Å². The lowest BCUT2D eigenvalue weighted by molar-refractivity contribution is -0.132. The van der Waals surface area contributed by atoms with Gasteiger partial charge in [0.2, 0.25) is 23.6 Å². The van der Waals surface area contributed by atoms with E-state index in [4.69, 9.17) is 9.26 Å². The third-order valence-electron chi connectivity index (χ3n) is 8.86. The fraction of sp³-hybridized carbons (Fsp3) is 0.462. The molecule has 2 aromatic carbocycles. The van der Waals surface area contributed by atoms with Gasteiger partial charge in [0.15, 0.2) is 5.82 Å². The molecule has 0 unspecified atom stereocenters. The van der Waals surface area contributed by atoms with E-state index in [1.165, 1.54) is 4.68 Å². The molecule has 282 valence electrons. The lowest BCUT2D eigenvalue weighted by Gasteiger charge is -2.27. The van der Waals surface area contributed by atoms with Crippen LogP contribution in [0.2, 0.25) is 0 Å². The first-order chi connectivity index (χ1) is 25.3. The van der Waals surface area contributed by atoms with Crippen molar-refractivity contribution < 1.29 is 28.4 Å². The van der Waals surface area contributed by atoms with Crippen LogP contribution < -0.4 is 26.0 Å². The normalized spacial score (nSPS) is 20.3. The smallest absolute Gasteiger partial charge is 0.243 e. The largest absolute Gasteiger partial charge is 0.491 e. The Morgan fingerprint density at radius 2 is 1.70 bits per heavy atom. The summed E-state index contributed by atoms with van der Waals surface area (Å²) in [4.78, 5) is 59.8. The Kier molecular flexibility index (Phi) is 13.0. The number of nitrogens with zero attached hydrogens (tertiary/aromatic N) is 4. The van der Waals surface area contributed by atoms with Gasteiger partial charge < -0.3 is 30.5 Å². The standard InChI is InChI=1S/C39H50N8O6/c1-23(2)16-29-22-52-30-14-12-28(13-15-30)19-32(42-34(48)20-31-17-25(5)46-53-31)38(50)43-33(18-27-10-8-7-9-11-27)39(51)44-36(24(3)4)37-40-26(6)45-47(37)21-35(49)41-29/h7-15,17,23-24,29,32-33,36H,16,18-22H2,1-6H3,(H,41,49)(H,42,48)(H,43,50)(H,44,51)/t29-,32-,33-,36-/m0/s1. The van der Waals surface area contributed by atoms with E-state index in [0.717, 1.165) is 11.1 Å². The van der Waals surface area contributed by atoms with Gasteiger partial charge in [-0.25, -0.2) is 9.67 Å². The van der Waals surface area contributed by atoms with Crippen LogP contribution in [-0.2, 0) is 45.0 Å². The number of carbonyl (C=O) groups excluding carboxylic acids is 4. The summed E-state index contributed by atoms with van der Waals surface area (Å²) >= 11 is 0. The van der Waals surface area contributed by atoms with Crippen molar-refractivity contribution >= 4 is 23.6 Å². The van der Waals surface area contributed by atoms with E-state index < -0.39 is 35.8 Å². The van der Waals surface area contributed by atoms with Crippen molar-refractivity contribution in [3.05, 3.63) is 94.9 Å². The zero-order valence-corrected chi connectivity index (χ0v) is 31.2. The average Bonchev–Trinajstić information content (AvgIpc) is 3.68. The molecule has 4 aromatic rings. The van der Waals surface area contributed by atoms with Crippen LogP contribution in [-0.4, -0.2) is 68.3 Å². The topological polar surface area (TPSA) is 182 Å². The molecule has 2 aromatic heterocycles. The maximum absolute atomic E-state index is 14.3. The van der Waals surface area contributed by atoms with E-state index in [9.17, 15) is 19.2 Å². The molecule has 14 heteroatoms. The van der Waals surface area contributed by atoms with Gasteiger partial charge in [0.25, 0.3) is 0 Å². The molecule has 14 nitrogen and oxygen atoms in total. The maximum Gasteiger partial charge on any atom is 0.243 e. The Balaban J connectivity index is 1.51. The molecule has 4 N–H and O–H groups in total. The number of hydrogen-bond donors (Lipinski definition) is 4. The minimum absolute atomic E-state index is 0.113. The number of amides is 4. The van der Waals surface area contributed by atoms with Crippen LogP contribution in [0.25, 0.3) is 0 Å². The van der Waals surface area contributed by atoms with Gasteiger partial charge in [-0.15, -0.1) is 0 Å². The number of rotatable bonds is 8. The number of nitrogens with one attached hydrogen (secondary N) is 4. The molecular formula is C39H50N8O6. The number of aromatic nitrogens is 4. The predicted molar refractivity (Wildman–Crippen MR) is 196 cm³/mol.